The Balaban J connectivity index is 1.99. The van der Waals surface area contributed by atoms with Gasteiger partial charge in [0.1, 0.15) is 0 Å². The van der Waals surface area contributed by atoms with Gasteiger partial charge in [-0.3, -0.25) is 0 Å². The predicted molar refractivity (Wildman–Crippen MR) is 103 cm³/mol. The van der Waals surface area contributed by atoms with E-state index >= 15 is 0 Å². The lowest BCUT2D eigenvalue weighted by Gasteiger charge is -2.21. The SMILES string of the molecule is CC(O)CC(CNC(=O)Nc1ccccc1N(C)C)c1ccccc1. The van der Waals surface area contributed by atoms with Gasteiger partial charge in [0.15, 0.2) is 0 Å². The molecule has 3 N–H and O–H groups in total. The van der Waals surface area contributed by atoms with Crippen molar-refractivity contribution in [3.8, 4) is 0 Å². The number of nitrogens with one attached hydrogen (secondary N) is 2. The van der Waals surface area contributed by atoms with Gasteiger partial charge in [-0.1, -0.05) is 42.5 Å². The van der Waals surface area contributed by atoms with Gasteiger partial charge in [-0.25, -0.2) is 4.79 Å². The van der Waals surface area contributed by atoms with Gasteiger partial charge < -0.3 is 20.6 Å². The highest BCUT2D eigenvalue weighted by Crippen LogP contribution is 2.24. The fourth-order valence-corrected chi connectivity index (χ4v) is 2.83. The largest absolute Gasteiger partial charge is 0.393 e. The molecule has 0 aliphatic rings. The number of carbonyl (C=O) groups excluding carboxylic acids is 1. The smallest absolute Gasteiger partial charge is 0.319 e. The maximum atomic E-state index is 12.3. The van der Waals surface area contributed by atoms with Gasteiger partial charge in [0.25, 0.3) is 0 Å². The summed E-state index contributed by atoms with van der Waals surface area (Å²) >= 11 is 0. The van der Waals surface area contributed by atoms with E-state index in [1.165, 1.54) is 0 Å². The molecule has 25 heavy (non-hydrogen) atoms. The van der Waals surface area contributed by atoms with Gasteiger partial charge in [-0.05, 0) is 31.0 Å². The first kappa shape index (κ1) is 18.8. The number of rotatable bonds is 7. The Kier molecular flexibility index (Phi) is 6.83. The molecule has 0 saturated carbocycles. The van der Waals surface area contributed by atoms with E-state index in [4.69, 9.17) is 0 Å². The normalized spacial score (nSPS) is 13.0. The minimum absolute atomic E-state index is 0.0658. The van der Waals surface area contributed by atoms with Gasteiger partial charge in [0.2, 0.25) is 0 Å². The lowest BCUT2D eigenvalue weighted by molar-refractivity contribution is 0.173. The third-order valence-corrected chi connectivity index (χ3v) is 4.04. The predicted octanol–water partition coefficient (Wildman–Crippen LogP) is 3.43. The number of hydrogen-bond donors (Lipinski definition) is 3. The first-order valence-electron chi connectivity index (χ1n) is 8.51. The third kappa shape index (κ3) is 5.80. The van der Waals surface area contributed by atoms with Crippen molar-refractivity contribution in [3.05, 3.63) is 60.2 Å². The Morgan fingerprint density at radius 3 is 2.36 bits per heavy atom. The molecular formula is C20H27N3O2. The number of nitrogens with zero attached hydrogens (tertiary/aromatic N) is 1. The van der Waals surface area contributed by atoms with Crippen LogP contribution in [0.1, 0.15) is 24.8 Å². The van der Waals surface area contributed by atoms with E-state index in [-0.39, 0.29) is 11.9 Å². The molecule has 2 rings (SSSR count). The van der Waals surface area contributed by atoms with Crippen molar-refractivity contribution < 1.29 is 9.90 Å². The van der Waals surface area contributed by atoms with Crippen molar-refractivity contribution in [2.24, 2.45) is 0 Å². The number of aliphatic hydroxyl groups excluding tert-OH is 1. The highest BCUT2D eigenvalue weighted by Gasteiger charge is 2.16. The second kappa shape index (κ2) is 9.08. The van der Waals surface area contributed by atoms with Crippen molar-refractivity contribution in [2.45, 2.75) is 25.4 Å². The molecule has 0 aliphatic heterocycles. The minimum atomic E-state index is -0.426. The van der Waals surface area contributed by atoms with E-state index in [1.807, 2.05) is 73.6 Å². The van der Waals surface area contributed by atoms with Crippen LogP contribution in [0.15, 0.2) is 54.6 Å². The van der Waals surface area contributed by atoms with Crippen LogP contribution in [-0.4, -0.2) is 37.9 Å². The van der Waals surface area contributed by atoms with Gasteiger partial charge in [-0.2, -0.15) is 0 Å². The highest BCUT2D eigenvalue weighted by atomic mass is 16.3. The van der Waals surface area contributed by atoms with Crippen molar-refractivity contribution in [1.82, 2.24) is 5.32 Å². The van der Waals surface area contributed by atoms with Gasteiger partial charge >= 0.3 is 6.03 Å². The molecule has 2 atom stereocenters. The number of anilines is 2. The quantitative estimate of drug-likeness (QED) is 0.723. The topological polar surface area (TPSA) is 64.6 Å². The summed E-state index contributed by atoms with van der Waals surface area (Å²) in [5.41, 5.74) is 2.82. The standard InChI is InChI=1S/C20H27N3O2/c1-15(24)13-17(16-9-5-4-6-10-16)14-21-20(25)22-18-11-7-8-12-19(18)23(2)3/h4-12,15,17,24H,13-14H2,1-3H3,(H2,21,22,25). The monoisotopic (exact) mass is 341 g/mol. The molecule has 0 heterocycles. The Bertz CT molecular complexity index is 672. The van der Waals surface area contributed by atoms with Crippen molar-refractivity contribution in [3.63, 3.8) is 0 Å². The van der Waals surface area contributed by atoms with Gasteiger partial charge in [0, 0.05) is 26.6 Å². The van der Waals surface area contributed by atoms with Crippen LogP contribution in [0.2, 0.25) is 0 Å². The van der Waals surface area contributed by atoms with Crippen LogP contribution in [0.4, 0.5) is 16.2 Å². The summed E-state index contributed by atoms with van der Waals surface area (Å²) < 4.78 is 0. The van der Waals surface area contributed by atoms with Crippen molar-refractivity contribution in [1.29, 1.82) is 0 Å². The molecule has 0 aromatic heterocycles. The van der Waals surface area contributed by atoms with Crippen LogP contribution in [0, 0.1) is 0 Å². The van der Waals surface area contributed by atoms with E-state index in [9.17, 15) is 9.90 Å². The van der Waals surface area contributed by atoms with E-state index < -0.39 is 6.10 Å². The van der Waals surface area contributed by atoms with E-state index in [0.29, 0.717) is 13.0 Å². The number of hydrogen-bond acceptors (Lipinski definition) is 3. The number of amides is 2. The molecule has 0 radical (unpaired) electrons. The van der Waals surface area contributed by atoms with E-state index in [2.05, 4.69) is 10.6 Å². The Morgan fingerprint density at radius 1 is 1.08 bits per heavy atom. The summed E-state index contributed by atoms with van der Waals surface area (Å²) in [4.78, 5) is 14.3. The van der Waals surface area contributed by atoms with Crippen molar-refractivity contribution in [2.75, 3.05) is 30.9 Å². The van der Waals surface area contributed by atoms with Crippen LogP contribution in [0.5, 0.6) is 0 Å². The fraction of sp³-hybridized carbons (Fsp3) is 0.350. The fourth-order valence-electron chi connectivity index (χ4n) is 2.83. The van der Waals surface area contributed by atoms with Gasteiger partial charge in [0.05, 0.1) is 17.5 Å². The Morgan fingerprint density at radius 2 is 1.72 bits per heavy atom. The molecule has 0 spiro atoms. The molecular weight excluding hydrogens is 314 g/mol. The summed E-state index contributed by atoms with van der Waals surface area (Å²) in [6.07, 6.45) is 0.169. The molecule has 0 saturated heterocycles. The summed E-state index contributed by atoms with van der Waals surface area (Å²) in [7, 11) is 3.87. The van der Waals surface area contributed by atoms with Crippen molar-refractivity contribution >= 4 is 17.4 Å². The second-order valence-electron chi connectivity index (χ2n) is 6.44. The molecule has 2 aromatic rings. The summed E-state index contributed by atoms with van der Waals surface area (Å²) in [5.74, 6) is 0.0658. The van der Waals surface area contributed by atoms with Crippen LogP contribution in [0.25, 0.3) is 0 Å². The number of urea groups is 1. The molecule has 2 unspecified atom stereocenters. The molecule has 0 fully saturated rings. The Hall–Kier alpha value is -2.53. The van der Waals surface area contributed by atoms with Crippen LogP contribution < -0.4 is 15.5 Å². The minimum Gasteiger partial charge on any atom is -0.393 e. The number of para-hydroxylation sites is 2. The van der Waals surface area contributed by atoms with Crippen LogP contribution in [0.3, 0.4) is 0 Å². The maximum Gasteiger partial charge on any atom is 0.319 e. The molecule has 0 bridgehead atoms. The zero-order valence-electron chi connectivity index (χ0n) is 15.1. The van der Waals surface area contributed by atoms with E-state index in [1.54, 1.807) is 6.92 Å². The number of carbonyl (C=O) groups is 1. The first-order valence-corrected chi connectivity index (χ1v) is 8.51. The Labute approximate surface area is 149 Å². The van der Waals surface area contributed by atoms with Crippen LogP contribution in [-0.2, 0) is 0 Å². The molecule has 5 heteroatoms. The lowest BCUT2D eigenvalue weighted by atomic mass is 9.93. The van der Waals surface area contributed by atoms with E-state index in [0.717, 1.165) is 16.9 Å². The molecule has 5 nitrogen and oxygen atoms in total. The number of aliphatic hydroxyl groups is 1. The number of benzene rings is 2. The molecule has 2 aromatic carbocycles. The molecule has 134 valence electrons. The van der Waals surface area contributed by atoms with Gasteiger partial charge in [-0.15, -0.1) is 0 Å². The zero-order valence-corrected chi connectivity index (χ0v) is 15.1. The third-order valence-electron chi connectivity index (χ3n) is 4.04. The summed E-state index contributed by atoms with van der Waals surface area (Å²) in [6.45, 7) is 2.23. The maximum absolute atomic E-state index is 12.3. The lowest BCUT2D eigenvalue weighted by Crippen LogP contribution is -2.33. The molecule has 0 aliphatic carbocycles. The van der Waals surface area contributed by atoms with Crippen LogP contribution >= 0.6 is 0 Å². The summed E-state index contributed by atoms with van der Waals surface area (Å²) in [5, 5.41) is 15.6. The highest BCUT2D eigenvalue weighted by molar-refractivity contribution is 5.93. The second-order valence-corrected chi connectivity index (χ2v) is 6.44. The first-order chi connectivity index (χ1) is 12.0. The zero-order chi connectivity index (χ0) is 18.2. The average molecular weight is 341 g/mol. The summed E-state index contributed by atoms with van der Waals surface area (Å²) in [6, 6.07) is 17.4. The average Bonchev–Trinajstić information content (AvgIpc) is 2.59. The molecule has 2 amide bonds.